The van der Waals surface area contributed by atoms with Crippen LogP contribution in [0.2, 0.25) is 0 Å². The van der Waals surface area contributed by atoms with Gasteiger partial charge in [0, 0.05) is 12.5 Å². The van der Waals surface area contributed by atoms with Crippen molar-refractivity contribution in [1.29, 1.82) is 0 Å². The van der Waals surface area contributed by atoms with E-state index in [1.54, 1.807) is 16.9 Å². The molecule has 35 heavy (non-hydrogen) atoms. The Hall–Kier alpha value is -3.65. The summed E-state index contributed by atoms with van der Waals surface area (Å²) in [5.74, 6) is 0.618. The molecule has 1 unspecified atom stereocenters. The van der Waals surface area contributed by atoms with Crippen molar-refractivity contribution in [3.05, 3.63) is 94.2 Å². The molecule has 1 atom stereocenters. The van der Waals surface area contributed by atoms with Crippen LogP contribution in [0.15, 0.2) is 86.4 Å². The van der Waals surface area contributed by atoms with Gasteiger partial charge >= 0.3 is 0 Å². The van der Waals surface area contributed by atoms with Gasteiger partial charge in [-0.15, -0.1) is 0 Å². The van der Waals surface area contributed by atoms with Crippen molar-refractivity contribution in [2.24, 2.45) is 5.10 Å². The van der Waals surface area contributed by atoms with Gasteiger partial charge in [-0.05, 0) is 50.6 Å². The molecule has 1 amide bonds. The molecule has 0 spiro atoms. The van der Waals surface area contributed by atoms with Crippen LogP contribution in [0.1, 0.15) is 49.2 Å². The largest absolute Gasteiger partial charge is 0.467 e. The van der Waals surface area contributed by atoms with Gasteiger partial charge in [-0.1, -0.05) is 53.7 Å². The van der Waals surface area contributed by atoms with Crippen LogP contribution >= 0.6 is 11.8 Å². The highest BCUT2D eigenvalue weighted by Crippen LogP contribution is 2.34. The summed E-state index contributed by atoms with van der Waals surface area (Å²) in [6, 6.07) is 18.7. The van der Waals surface area contributed by atoms with Gasteiger partial charge < -0.3 is 4.42 Å². The number of hydrogen-bond donors (Lipinski definition) is 0. The van der Waals surface area contributed by atoms with Crippen LogP contribution in [-0.4, -0.2) is 31.9 Å². The Morgan fingerprint density at radius 1 is 1.11 bits per heavy atom. The van der Waals surface area contributed by atoms with E-state index >= 15 is 0 Å². The van der Waals surface area contributed by atoms with Crippen LogP contribution in [-0.2, 0) is 4.79 Å². The Labute approximate surface area is 207 Å². The number of rotatable bonds is 6. The van der Waals surface area contributed by atoms with E-state index in [-0.39, 0.29) is 29.3 Å². The van der Waals surface area contributed by atoms with Gasteiger partial charge in [0.1, 0.15) is 11.8 Å². The van der Waals surface area contributed by atoms with Gasteiger partial charge in [0.15, 0.2) is 5.16 Å². The maximum Gasteiger partial charge on any atom is 0.262 e. The number of furan rings is 1. The first-order valence-electron chi connectivity index (χ1n) is 11.6. The van der Waals surface area contributed by atoms with Crippen LogP contribution in [0.4, 0.5) is 0 Å². The molecule has 1 aliphatic rings. The predicted molar refractivity (Wildman–Crippen MR) is 138 cm³/mol. The Kier molecular flexibility index (Phi) is 6.30. The molecule has 4 aromatic rings. The van der Waals surface area contributed by atoms with Crippen molar-refractivity contribution >= 4 is 34.3 Å². The monoisotopic (exact) mass is 486 g/mol. The third kappa shape index (κ3) is 4.53. The maximum atomic E-state index is 13.4. The number of aromatic nitrogens is 2. The summed E-state index contributed by atoms with van der Waals surface area (Å²) in [4.78, 5) is 31.2. The highest BCUT2D eigenvalue weighted by atomic mass is 32.2. The molecule has 0 saturated heterocycles. The lowest BCUT2D eigenvalue weighted by atomic mass is 10.0. The first-order valence-corrected chi connectivity index (χ1v) is 12.5. The molecule has 178 valence electrons. The minimum Gasteiger partial charge on any atom is -0.467 e. The number of para-hydroxylation sites is 1. The Bertz CT molecular complexity index is 1460. The van der Waals surface area contributed by atoms with Gasteiger partial charge in [-0.25, -0.2) is 9.99 Å². The molecule has 2 aromatic carbocycles. The third-order valence-electron chi connectivity index (χ3n) is 6.04. The second-order valence-corrected chi connectivity index (χ2v) is 9.80. The third-order valence-corrected chi connectivity index (χ3v) is 6.98. The minimum atomic E-state index is -0.314. The molecule has 1 aliphatic heterocycles. The van der Waals surface area contributed by atoms with Gasteiger partial charge in [-0.3, -0.25) is 14.2 Å². The molecule has 7 nitrogen and oxygen atoms in total. The van der Waals surface area contributed by atoms with E-state index in [4.69, 9.17) is 14.5 Å². The SMILES string of the molecule is Cc1ccc(C2=NN(C(=O)CSc3nc4ccccc4c(=O)n3C(C)C)C(c3ccco3)C2)cc1. The smallest absolute Gasteiger partial charge is 0.262 e. The molecule has 3 heterocycles. The fourth-order valence-corrected chi connectivity index (χ4v) is 5.22. The molecule has 8 heteroatoms. The van der Waals surface area contributed by atoms with Crippen LogP contribution in [0.5, 0.6) is 0 Å². The second kappa shape index (κ2) is 9.54. The molecule has 0 N–H and O–H groups in total. The summed E-state index contributed by atoms with van der Waals surface area (Å²) in [7, 11) is 0. The number of carbonyl (C=O) groups is 1. The van der Waals surface area contributed by atoms with Crippen molar-refractivity contribution in [3.63, 3.8) is 0 Å². The lowest BCUT2D eigenvalue weighted by Gasteiger charge is -2.20. The summed E-state index contributed by atoms with van der Waals surface area (Å²) in [5, 5.41) is 7.31. The number of aryl methyl sites for hydroxylation is 1. The van der Waals surface area contributed by atoms with E-state index in [2.05, 4.69) is 0 Å². The number of benzene rings is 2. The Balaban J connectivity index is 1.44. The molecule has 5 rings (SSSR count). The summed E-state index contributed by atoms with van der Waals surface area (Å²) >= 11 is 1.26. The number of thioether (sulfide) groups is 1. The van der Waals surface area contributed by atoms with E-state index < -0.39 is 0 Å². The predicted octanol–water partition coefficient (Wildman–Crippen LogP) is 5.35. The summed E-state index contributed by atoms with van der Waals surface area (Å²) < 4.78 is 7.29. The molecule has 0 radical (unpaired) electrons. The zero-order valence-electron chi connectivity index (χ0n) is 19.8. The van der Waals surface area contributed by atoms with Crippen LogP contribution in [0, 0.1) is 6.92 Å². The first-order chi connectivity index (χ1) is 16.9. The highest BCUT2D eigenvalue weighted by Gasteiger charge is 2.35. The number of carbonyl (C=O) groups excluding carboxylic acids is 1. The van der Waals surface area contributed by atoms with Crippen molar-refractivity contribution in [2.45, 2.75) is 44.4 Å². The second-order valence-electron chi connectivity index (χ2n) is 8.86. The standard InChI is InChI=1S/C27H26N4O3S/c1-17(2)30-26(33)20-7-4-5-8-21(20)28-27(30)35-16-25(32)31-23(24-9-6-14-34-24)15-22(29-31)19-12-10-18(3)11-13-19/h4-14,17,23H,15-16H2,1-3H3. The number of hydrazone groups is 1. The van der Waals surface area contributed by atoms with Gasteiger partial charge in [0.25, 0.3) is 11.5 Å². The zero-order valence-corrected chi connectivity index (χ0v) is 20.7. The summed E-state index contributed by atoms with van der Waals surface area (Å²) in [6.45, 7) is 5.92. The Morgan fingerprint density at radius 2 is 1.89 bits per heavy atom. The van der Waals surface area contributed by atoms with Gasteiger partial charge in [0.05, 0.1) is 28.6 Å². The van der Waals surface area contributed by atoms with Crippen molar-refractivity contribution < 1.29 is 9.21 Å². The highest BCUT2D eigenvalue weighted by molar-refractivity contribution is 7.99. The van der Waals surface area contributed by atoms with E-state index in [0.29, 0.717) is 28.2 Å². The average molecular weight is 487 g/mol. The van der Waals surface area contributed by atoms with Gasteiger partial charge in [0.2, 0.25) is 0 Å². The van der Waals surface area contributed by atoms with Crippen molar-refractivity contribution in [1.82, 2.24) is 14.6 Å². The lowest BCUT2D eigenvalue weighted by molar-refractivity contribution is -0.130. The average Bonchev–Trinajstić information content (AvgIpc) is 3.53. The van der Waals surface area contributed by atoms with Crippen LogP contribution < -0.4 is 5.56 Å². The molecule has 0 bridgehead atoms. The minimum absolute atomic E-state index is 0.0916. The number of amides is 1. The quantitative estimate of drug-likeness (QED) is 0.271. The molecular formula is C27H26N4O3S. The van der Waals surface area contributed by atoms with Crippen LogP contribution in [0.3, 0.4) is 0 Å². The topological polar surface area (TPSA) is 80.7 Å². The zero-order chi connectivity index (χ0) is 24.5. The molecule has 2 aromatic heterocycles. The normalized spacial score (nSPS) is 15.7. The first kappa shape index (κ1) is 23.1. The molecule has 0 fully saturated rings. The van der Waals surface area contributed by atoms with Crippen molar-refractivity contribution in [2.75, 3.05) is 5.75 Å². The molecule has 0 aliphatic carbocycles. The molecular weight excluding hydrogens is 460 g/mol. The number of nitrogens with zero attached hydrogens (tertiary/aromatic N) is 4. The van der Waals surface area contributed by atoms with Crippen molar-refractivity contribution in [3.8, 4) is 0 Å². The van der Waals surface area contributed by atoms with E-state index in [1.165, 1.54) is 22.3 Å². The summed E-state index contributed by atoms with van der Waals surface area (Å²) in [5.41, 5.74) is 3.51. The van der Waals surface area contributed by atoms with Crippen LogP contribution in [0.25, 0.3) is 10.9 Å². The van der Waals surface area contributed by atoms with E-state index in [0.717, 1.165) is 11.3 Å². The lowest BCUT2D eigenvalue weighted by Crippen LogP contribution is -2.29. The fourth-order valence-electron chi connectivity index (χ4n) is 4.24. The van der Waals surface area contributed by atoms with Gasteiger partial charge in [-0.2, -0.15) is 5.10 Å². The molecule has 0 saturated carbocycles. The number of hydrogen-bond acceptors (Lipinski definition) is 6. The maximum absolute atomic E-state index is 13.4. The van der Waals surface area contributed by atoms with E-state index in [1.807, 2.05) is 75.4 Å². The Morgan fingerprint density at radius 3 is 2.60 bits per heavy atom. The van der Waals surface area contributed by atoms with E-state index in [9.17, 15) is 9.59 Å². The summed E-state index contributed by atoms with van der Waals surface area (Å²) in [6.07, 6.45) is 2.18. The fraction of sp³-hybridized carbons (Fsp3) is 0.259. The number of fused-ring (bicyclic) bond motifs is 1.